The van der Waals surface area contributed by atoms with Crippen molar-refractivity contribution < 1.29 is 0 Å². The zero-order valence-electron chi connectivity index (χ0n) is 7.44. The molecule has 2 heterocycles. The lowest BCUT2D eigenvalue weighted by Crippen LogP contribution is -2.28. The van der Waals surface area contributed by atoms with Gasteiger partial charge in [0.25, 0.3) is 0 Å². The highest BCUT2D eigenvalue weighted by atomic mass is 35.5. The van der Waals surface area contributed by atoms with Crippen molar-refractivity contribution in [1.29, 1.82) is 0 Å². The third-order valence-electron chi connectivity index (χ3n) is 2.31. The Labute approximate surface area is 84.4 Å². The highest BCUT2D eigenvalue weighted by molar-refractivity contribution is 5.85. The van der Waals surface area contributed by atoms with Crippen LogP contribution in [0.4, 0.5) is 0 Å². The summed E-state index contributed by atoms with van der Waals surface area (Å²) in [5, 5.41) is 11.4. The maximum atomic E-state index is 4.11. The molecule has 3 nitrogen and oxygen atoms in total. The number of aromatic nitrogens is 2. The lowest BCUT2D eigenvalue weighted by Gasteiger charge is -2.21. The molecule has 1 aromatic heterocycles. The Morgan fingerprint density at radius 1 is 1.46 bits per heavy atom. The normalized spacial score (nSPS) is 22.0. The van der Waals surface area contributed by atoms with Crippen LogP contribution in [-0.4, -0.2) is 23.3 Å². The van der Waals surface area contributed by atoms with Crippen molar-refractivity contribution in [3.05, 3.63) is 24.0 Å². The first-order valence-corrected chi connectivity index (χ1v) is 4.45. The predicted molar refractivity (Wildman–Crippen MR) is 54.1 cm³/mol. The van der Waals surface area contributed by atoms with E-state index in [9.17, 15) is 0 Å². The quantitative estimate of drug-likeness (QED) is 0.743. The van der Waals surface area contributed by atoms with E-state index in [-0.39, 0.29) is 12.4 Å². The lowest BCUT2D eigenvalue weighted by molar-refractivity contribution is 0.452. The van der Waals surface area contributed by atoms with E-state index in [2.05, 4.69) is 21.6 Å². The Hall–Kier alpha value is -0.670. The number of piperidine rings is 1. The Morgan fingerprint density at radius 2 is 2.38 bits per heavy atom. The molecule has 0 bridgehead atoms. The molecule has 1 saturated heterocycles. The molecule has 1 aliphatic rings. The Kier molecular flexibility index (Phi) is 4.12. The smallest absolute Gasteiger partial charge is 0.0674 e. The summed E-state index contributed by atoms with van der Waals surface area (Å²) >= 11 is 0. The molecule has 0 spiro atoms. The van der Waals surface area contributed by atoms with Crippen LogP contribution in [0, 0.1) is 0 Å². The van der Waals surface area contributed by atoms with Gasteiger partial charge in [-0.3, -0.25) is 0 Å². The van der Waals surface area contributed by atoms with Gasteiger partial charge in [-0.15, -0.1) is 12.4 Å². The fourth-order valence-electron chi connectivity index (χ4n) is 1.64. The second kappa shape index (κ2) is 5.14. The Bertz CT molecular complexity index is 234. The second-order valence-corrected chi connectivity index (χ2v) is 3.19. The molecule has 1 fully saturated rings. The van der Waals surface area contributed by atoms with Gasteiger partial charge in [0.1, 0.15) is 0 Å². The van der Waals surface area contributed by atoms with Gasteiger partial charge in [0.2, 0.25) is 0 Å². The van der Waals surface area contributed by atoms with Gasteiger partial charge in [0, 0.05) is 18.7 Å². The molecular formula is C9H14ClN3. The van der Waals surface area contributed by atoms with Gasteiger partial charge in [0.15, 0.2) is 0 Å². The molecule has 0 unspecified atom stereocenters. The van der Waals surface area contributed by atoms with E-state index in [4.69, 9.17) is 0 Å². The summed E-state index contributed by atoms with van der Waals surface area (Å²) in [5.41, 5.74) is 1.13. The summed E-state index contributed by atoms with van der Waals surface area (Å²) in [6, 6.07) is 4.02. The van der Waals surface area contributed by atoms with Crippen LogP contribution in [0.3, 0.4) is 0 Å². The molecule has 4 heteroatoms. The van der Waals surface area contributed by atoms with Crippen LogP contribution in [0.15, 0.2) is 18.3 Å². The Morgan fingerprint density at radius 3 is 3.00 bits per heavy atom. The minimum Gasteiger partial charge on any atom is -0.316 e. The number of nitrogens with zero attached hydrogens (tertiary/aromatic N) is 2. The molecule has 1 N–H and O–H groups in total. The van der Waals surface area contributed by atoms with Gasteiger partial charge >= 0.3 is 0 Å². The fraction of sp³-hybridized carbons (Fsp3) is 0.556. The van der Waals surface area contributed by atoms with E-state index >= 15 is 0 Å². The average molecular weight is 200 g/mol. The third kappa shape index (κ3) is 2.64. The summed E-state index contributed by atoms with van der Waals surface area (Å²) in [5.74, 6) is 0.576. The van der Waals surface area contributed by atoms with Gasteiger partial charge in [-0.25, -0.2) is 0 Å². The molecule has 2 rings (SSSR count). The zero-order valence-corrected chi connectivity index (χ0v) is 8.26. The van der Waals surface area contributed by atoms with Crippen molar-refractivity contribution in [2.45, 2.75) is 18.8 Å². The van der Waals surface area contributed by atoms with E-state index in [1.165, 1.54) is 12.8 Å². The largest absolute Gasteiger partial charge is 0.316 e. The maximum absolute atomic E-state index is 4.11. The molecule has 72 valence electrons. The zero-order chi connectivity index (χ0) is 8.23. The first-order valence-electron chi connectivity index (χ1n) is 4.45. The van der Waals surface area contributed by atoms with Gasteiger partial charge in [-0.05, 0) is 31.5 Å². The predicted octanol–water partition coefficient (Wildman–Crippen LogP) is 1.37. The molecule has 1 aromatic rings. The van der Waals surface area contributed by atoms with E-state index in [1.54, 1.807) is 6.20 Å². The number of hydrogen-bond acceptors (Lipinski definition) is 3. The topological polar surface area (TPSA) is 37.8 Å². The summed E-state index contributed by atoms with van der Waals surface area (Å²) < 4.78 is 0. The van der Waals surface area contributed by atoms with E-state index in [1.807, 2.05) is 6.07 Å². The first kappa shape index (κ1) is 10.4. The molecule has 13 heavy (non-hydrogen) atoms. The number of hydrogen-bond donors (Lipinski definition) is 1. The molecule has 0 amide bonds. The van der Waals surface area contributed by atoms with Gasteiger partial charge in [0.05, 0.1) is 5.69 Å². The second-order valence-electron chi connectivity index (χ2n) is 3.19. The fourth-order valence-corrected chi connectivity index (χ4v) is 1.64. The summed E-state index contributed by atoms with van der Waals surface area (Å²) in [6.07, 6.45) is 4.21. The van der Waals surface area contributed by atoms with Crippen molar-refractivity contribution in [2.24, 2.45) is 0 Å². The molecule has 1 atom stereocenters. The highest BCUT2D eigenvalue weighted by Gasteiger charge is 2.15. The highest BCUT2D eigenvalue weighted by Crippen LogP contribution is 2.19. The number of nitrogens with one attached hydrogen (secondary N) is 1. The van der Waals surface area contributed by atoms with Crippen LogP contribution in [0.25, 0.3) is 0 Å². The van der Waals surface area contributed by atoms with E-state index in [0.717, 1.165) is 18.8 Å². The minimum absolute atomic E-state index is 0. The van der Waals surface area contributed by atoms with Crippen LogP contribution < -0.4 is 5.32 Å². The van der Waals surface area contributed by atoms with Crippen LogP contribution in [0.2, 0.25) is 0 Å². The van der Waals surface area contributed by atoms with Crippen LogP contribution >= 0.6 is 12.4 Å². The van der Waals surface area contributed by atoms with Gasteiger partial charge < -0.3 is 5.32 Å². The molecule has 1 aliphatic heterocycles. The molecule has 0 aliphatic carbocycles. The standard InChI is InChI=1S/C9H13N3.ClH/c1-3-8(7-10-5-1)9-4-2-6-11-12-9;/h2,4,6,8,10H,1,3,5,7H2;1H/t8-;/m1./s1. The van der Waals surface area contributed by atoms with Crippen LogP contribution in [0.5, 0.6) is 0 Å². The SMILES string of the molecule is Cl.c1cnnc([C@@H]2CCCNC2)c1. The van der Waals surface area contributed by atoms with E-state index in [0.29, 0.717) is 5.92 Å². The van der Waals surface area contributed by atoms with Crippen LogP contribution in [0.1, 0.15) is 24.5 Å². The van der Waals surface area contributed by atoms with Crippen molar-refractivity contribution in [3.63, 3.8) is 0 Å². The van der Waals surface area contributed by atoms with Crippen molar-refractivity contribution >= 4 is 12.4 Å². The summed E-state index contributed by atoms with van der Waals surface area (Å²) in [4.78, 5) is 0. The van der Waals surface area contributed by atoms with Gasteiger partial charge in [-0.2, -0.15) is 10.2 Å². The summed E-state index contributed by atoms with van der Waals surface area (Å²) in [6.45, 7) is 2.20. The average Bonchev–Trinajstić information content (AvgIpc) is 2.21. The van der Waals surface area contributed by atoms with E-state index < -0.39 is 0 Å². The molecule has 0 radical (unpaired) electrons. The van der Waals surface area contributed by atoms with Crippen LogP contribution in [-0.2, 0) is 0 Å². The van der Waals surface area contributed by atoms with Crippen molar-refractivity contribution in [1.82, 2.24) is 15.5 Å². The van der Waals surface area contributed by atoms with Gasteiger partial charge in [-0.1, -0.05) is 0 Å². The Balaban J connectivity index is 0.000000845. The minimum atomic E-state index is 0. The van der Waals surface area contributed by atoms with Crippen molar-refractivity contribution in [3.8, 4) is 0 Å². The number of halogens is 1. The lowest BCUT2D eigenvalue weighted by atomic mass is 9.96. The maximum Gasteiger partial charge on any atom is 0.0674 e. The molecular weight excluding hydrogens is 186 g/mol. The number of rotatable bonds is 1. The molecule has 0 saturated carbocycles. The third-order valence-corrected chi connectivity index (χ3v) is 2.31. The van der Waals surface area contributed by atoms with Crippen molar-refractivity contribution in [2.75, 3.05) is 13.1 Å². The molecule has 0 aromatic carbocycles. The summed E-state index contributed by atoms with van der Waals surface area (Å²) in [7, 11) is 0. The first-order chi connectivity index (χ1) is 5.97. The monoisotopic (exact) mass is 199 g/mol.